The second-order valence-electron chi connectivity index (χ2n) is 9.41. The first-order valence-electron chi connectivity index (χ1n) is 12.3. The highest BCUT2D eigenvalue weighted by molar-refractivity contribution is 9.11. The summed E-state index contributed by atoms with van der Waals surface area (Å²) in [6.07, 6.45) is -2.23. The molecule has 3 aliphatic rings. The Labute approximate surface area is 244 Å². The smallest absolute Gasteiger partial charge is 0.476 e. The average Bonchev–Trinajstić information content (AvgIpc) is 3.51. The average molecular weight is 705 g/mol. The van der Waals surface area contributed by atoms with Gasteiger partial charge in [-0.1, -0.05) is 31.9 Å². The fourth-order valence-electron chi connectivity index (χ4n) is 5.04. The van der Waals surface area contributed by atoms with Crippen molar-refractivity contribution in [3.8, 4) is 5.88 Å². The normalized spacial score (nSPS) is 31.6. The Kier molecular flexibility index (Phi) is 7.30. The van der Waals surface area contributed by atoms with Crippen LogP contribution >= 0.6 is 39.7 Å². The van der Waals surface area contributed by atoms with Crippen molar-refractivity contribution in [1.82, 2.24) is 19.5 Å². The van der Waals surface area contributed by atoms with Crippen LogP contribution in [0.25, 0.3) is 11.2 Å². The van der Waals surface area contributed by atoms with Gasteiger partial charge < -0.3 is 24.7 Å². The van der Waals surface area contributed by atoms with Crippen molar-refractivity contribution in [1.29, 1.82) is 0 Å². The molecule has 1 aromatic carbocycles. The summed E-state index contributed by atoms with van der Waals surface area (Å²) >= 11 is 6.92. The lowest BCUT2D eigenvalue weighted by Crippen LogP contribution is -2.42. The number of fused-ring (bicyclic) bond motifs is 2. The van der Waals surface area contributed by atoms with Gasteiger partial charge in [0.15, 0.2) is 29.1 Å². The van der Waals surface area contributed by atoms with Gasteiger partial charge in [0.1, 0.15) is 12.4 Å². The van der Waals surface area contributed by atoms with Crippen LogP contribution in [-0.4, -0.2) is 63.3 Å². The number of nitrogens with two attached hydrogens (primary N) is 1. The molecule has 0 saturated carbocycles. The minimum atomic E-state index is -4.00. The van der Waals surface area contributed by atoms with Crippen LogP contribution in [0.3, 0.4) is 0 Å². The standard InChI is InChI=1S/C23H24Br2N5O9P/c1-3-33-19-16-18(28-21(26)29-19)27-10-30(16)20-23(2)17(37-22(31)38-23)15(36-20)9-35-40(32)34-5-4-14(39-40)11-6-12(24)8-13(25)7-11/h6-8,10,14-15,17,20H,3-5,9H2,1-2H3,(H2,26,28,29)/t14-,15+,17+,20+,23+,40+/m0/s1. The molecule has 5 heterocycles. The number of phosphoric acid groups is 1. The predicted octanol–water partition coefficient (Wildman–Crippen LogP) is 4.83. The fourth-order valence-corrected chi connectivity index (χ4v) is 7.76. The topological polar surface area (TPSA) is 168 Å². The lowest BCUT2D eigenvalue weighted by molar-refractivity contribution is -0.0924. The second kappa shape index (κ2) is 10.5. The molecule has 0 radical (unpaired) electrons. The number of rotatable bonds is 7. The Morgan fingerprint density at radius 3 is 2.77 bits per heavy atom. The maximum Gasteiger partial charge on any atom is 0.509 e. The van der Waals surface area contributed by atoms with Gasteiger partial charge in [-0.15, -0.1) is 0 Å². The van der Waals surface area contributed by atoms with E-state index in [1.165, 1.54) is 6.33 Å². The van der Waals surface area contributed by atoms with Crippen molar-refractivity contribution in [2.45, 2.75) is 50.4 Å². The van der Waals surface area contributed by atoms with E-state index in [2.05, 4.69) is 46.8 Å². The van der Waals surface area contributed by atoms with E-state index in [4.69, 9.17) is 38.3 Å². The molecule has 0 unspecified atom stereocenters. The van der Waals surface area contributed by atoms with Crippen LogP contribution in [0.4, 0.5) is 10.7 Å². The van der Waals surface area contributed by atoms with E-state index >= 15 is 0 Å². The summed E-state index contributed by atoms with van der Waals surface area (Å²) in [5, 5.41) is 0. The first-order chi connectivity index (χ1) is 19.1. The third-order valence-corrected chi connectivity index (χ3v) is 9.10. The number of benzene rings is 1. The Hall–Kier alpha value is -2.33. The number of halogens is 2. The van der Waals surface area contributed by atoms with Gasteiger partial charge in [0.25, 0.3) is 0 Å². The highest BCUT2D eigenvalue weighted by Crippen LogP contribution is 2.58. The molecule has 3 aromatic rings. The lowest BCUT2D eigenvalue weighted by Gasteiger charge is -2.30. The SMILES string of the molecule is CCOc1nc(N)nc2ncn([C@@H]3O[C@H](CO[P@@]4(=O)OCC[C@@H](c5cc(Br)cc(Br)c5)O4)[C@H]4OC(=O)O[C@]43C)c12. The number of phosphoric ester groups is 1. The molecule has 2 N–H and O–H groups in total. The third-order valence-electron chi connectivity index (χ3n) is 6.71. The molecule has 0 spiro atoms. The van der Waals surface area contributed by atoms with E-state index in [0.717, 1.165) is 14.5 Å². The van der Waals surface area contributed by atoms with Crippen LogP contribution in [0.1, 0.15) is 38.2 Å². The van der Waals surface area contributed by atoms with Gasteiger partial charge in [-0.05, 0) is 37.6 Å². The largest absolute Gasteiger partial charge is 0.509 e. The summed E-state index contributed by atoms with van der Waals surface area (Å²) in [5.74, 6) is 0.181. The van der Waals surface area contributed by atoms with Gasteiger partial charge in [-0.25, -0.2) is 14.3 Å². The summed E-state index contributed by atoms with van der Waals surface area (Å²) in [6, 6.07) is 5.64. The maximum atomic E-state index is 13.5. The first kappa shape index (κ1) is 27.8. The van der Waals surface area contributed by atoms with E-state index in [-0.39, 0.29) is 30.7 Å². The van der Waals surface area contributed by atoms with Crippen LogP contribution in [0, 0.1) is 0 Å². The van der Waals surface area contributed by atoms with Crippen molar-refractivity contribution >= 4 is 63.0 Å². The van der Waals surface area contributed by atoms with Crippen molar-refractivity contribution in [2.75, 3.05) is 25.6 Å². The minimum absolute atomic E-state index is 0.00903. The Morgan fingerprint density at radius 1 is 1.25 bits per heavy atom. The number of hydrogen-bond donors (Lipinski definition) is 1. The Morgan fingerprint density at radius 2 is 2.02 bits per heavy atom. The number of ether oxygens (including phenoxy) is 4. The zero-order chi connectivity index (χ0) is 28.2. The third kappa shape index (κ3) is 4.99. The molecule has 3 fully saturated rings. The number of anilines is 1. The van der Waals surface area contributed by atoms with Crippen LogP contribution in [0.2, 0.25) is 0 Å². The number of nitrogens with zero attached hydrogens (tertiary/aromatic N) is 4. The monoisotopic (exact) mass is 703 g/mol. The van der Waals surface area contributed by atoms with Crippen LogP contribution in [0.15, 0.2) is 33.5 Å². The van der Waals surface area contributed by atoms with Gasteiger partial charge in [0.05, 0.1) is 25.9 Å². The van der Waals surface area contributed by atoms with Gasteiger partial charge in [-0.3, -0.25) is 18.1 Å². The first-order valence-corrected chi connectivity index (χ1v) is 15.3. The van der Waals surface area contributed by atoms with E-state index in [1.807, 2.05) is 18.2 Å². The number of hydrogen-bond acceptors (Lipinski definition) is 13. The number of imidazole rings is 1. The molecule has 17 heteroatoms. The summed E-state index contributed by atoms with van der Waals surface area (Å²) < 4.78 is 56.7. The zero-order valence-electron chi connectivity index (χ0n) is 21.2. The molecule has 0 aliphatic carbocycles. The zero-order valence-corrected chi connectivity index (χ0v) is 25.3. The number of aromatic nitrogens is 4. The quantitative estimate of drug-likeness (QED) is 0.263. The molecule has 14 nitrogen and oxygen atoms in total. The van der Waals surface area contributed by atoms with E-state index in [1.54, 1.807) is 18.4 Å². The second-order valence-corrected chi connectivity index (χ2v) is 12.9. The molecular formula is C23H24Br2N5O9P. The number of nitrogen functional groups attached to an aromatic ring is 1. The Bertz CT molecular complexity index is 1510. The van der Waals surface area contributed by atoms with Crippen LogP contribution in [-0.2, 0) is 32.3 Å². The van der Waals surface area contributed by atoms with Crippen LogP contribution < -0.4 is 10.5 Å². The van der Waals surface area contributed by atoms with Gasteiger partial charge in [-0.2, -0.15) is 9.97 Å². The van der Waals surface area contributed by atoms with E-state index in [0.29, 0.717) is 18.5 Å². The fraction of sp³-hybridized carbons (Fsp3) is 0.478. The van der Waals surface area contributed by atoms with Crippen molar-refractivity contribution in [3.05, 3.63) is 39.0 Å². The molecule has 0 amide bonds. The van der Waals surface area contributed by atoms with Crippen molar-refractivity contribution in [3.63, 3.8) is 0 Å². The summed E-state index contributed by atoms with van der Waals surface area (Å²) in [6.45, 7) is 3.64. The maximum absolute atomic E-state index is 13.5. The van der Waals surface area contributed by atoms with Crippen LogP contribution in [0.5, 0.6) is 5.88 Å². The molecule has 0 bridgehead atoms. The number of carbonyl (C=O) groups is 1. The molecule has 214 valence electrons. The summed E-state index contributed by atoms with van der Waals surface area (Å²) in [4.78, 5) is 24.9. The predicted molar refractivity (Wildman–Crippen MR) is 144 cm³/mol. The molecule has 3 saturated heterocycles. The molecule has 40 heavy (non-hydrogen) atoms. The van der Waals surface area contributed by atoms with E-state index in [9.17, 15) is 9.36 Å². The molecular weight excluding hydrogens is 681 g/mol. The van der Waals surface area contributed by atoms with Crippen molar-refractivity contribution < 1.29 is 41.9 Å². The summed E-state index contributed by atoms with van der Waals surface area (Å²) in [5.41, 5.74) is 5.96. The highest BCUT2D eigenvalue weighted by Gasteiger charge is 2.64. The van der Waals surface area contributed by atoms with Crippen molar-refractivity contribution in [2.24, 2.45) is 0 Å². The molecule has 3 aliphatic heterocycles. The van der Waals surface area contributed by atoms with Gasteiger partial charge in [0, 0.05) is 15.4 Å². The minimum Gasteiger partial charge on any atom is -0.476 e. The van der Waals surface area contributed by atoms with E-state index < -0.39 is 44.1 Å². The molecule has 2 aromatic heterocycles. The highest BCUT2D eigenvalue weighted by atomic mass is 79.9. The molecule has 6 atom stereocenters. The summed E-state index contributed by atoms with van der Waals surface area (Å²) in [7, 11) is -4.00. The van der Waals surface area contributed by atoms with Gasteiger partial charge in [0.2, 0.25) is 11.8 Å². The van der Waals surface area contributed by atoms with Gasteiger partial charge >= 0.3 is 14.0 Å². The lowest BCUT2D eigenvalue weighted by atomic mass is 9.96. The Balaban J connectivity index is 1.25. The number of carbonyl (C=O) groups excluding carboxylic acids is 1. The molecule has 6 rings (SSSR count).